The average Bonchev–Trinajstić information content (AvgIpc) is 3.96. The van der Waals surface area contributed by atoms with Crippen LogP contribution in [0.2, 0.25) is 0 Å². The molecule has 4 heteroatoms. The first-order valence-corrected chi connectivity index (χ1v) is 20.1. The van der Waals surface area contributed by atoms with E-state index in [1.54, 1.807) is 0 Å². The Labute approximate surface area is 332 Å². The van der Waals surface area contributed by atoms with Gasteiger partial charge in [-0.05, 0) is 89.0 Å². The number of fused-ring (bicyclic) bond motifs is 10. The number of hydrogen-bond donors (Lipinski definition) is 0. The topological polar surface area (TPSA) is 31.0 Å². The fraction of sp³-hybridized carbons (Fsp3) is 0. The van der Waals surface area contributed by atoms with Crippen LogP contribution in [0.1, 0.15) is 0 Å². The van der Waals surface area contributed by atoms with Crippen LogP contribution in [0.3, 0.4) is 0 Å². The molecule has 3 nitrogen and oxygen atoms in total. The van der Waals surface area contributed by atoms with Crippen LogP contribution in [-0.4, -0.2) is 9.55 Å². The number of nitrogens with zero attached hydrogens (tertiary/aromatic N) is 2. The number of hydrogen-bond acceptors (Lipinski definition) is 3. The Kier molecular flexibility index (Phi) is 7.10. The predicted octanol–water partition coefficient (Wildman–Crippen LogP) is 15.1. The quantitative estimate of drug-likeness (QED) is 0.176. The van der Waals surface area contributed by atoms with E-state index < -0.39 is 0 Å². The Morgan fingerprint density at radius 2 is 1.04 bits per heavy atom. The van der Waals surface area contributed by atoms with Gasteiger partial charge in [-0.1, -0.05) is 127 Å². The minimum absolute atomic E-state index is 0.876. The summed E-state index contributed by atoms with van der Waals surface area (Å²) >= 11 is 1.88. The molecule has 57 heavy (non-hydrogen) atoms. The normalized spacial score (nSPS) is 11.9. The molecule has 0 N–H and O–H groups in total. The van der Waals surface area contributed by atoms with Gasteiger partial charge < -0.3 is 8.98 Å². The van der Waals surface area contributed by atoms with Gasteiger partial charge in [0.2, 0.25) is 0 Å². The Morgan fingerprint density at radius 3 is 1.91 bits per heavy atom. The molecule has 0 aliphatic heterocycles. The molecule has 0 saturated carbocycles. The molecule has 0 saturated heterocycles. The van der Waals surface area contributed by atoms with Crippen molar-refractivity contribution in [2.75, 3.05) is 0 Å². The van der Waals surface area contributed by atoms with Crippen molar-refractivity contribution in [1.82, 2.24) is 9.55 Å². The summed E-state index contributed by atoms with van der Waals surface area (Å²) in [5, 5.41) is 7.43. The van der Waals surface area contributed by atoms with Gasteiger partial charge in [0.05, 0.1) is 22.4 Å². The summed E-state index contributed by atoms with van der Waals surface area (Å²) in [5.74, 6) is 0. The van der Waals surface area contributed by atoms with Crippen molar-refractivity contribution in [3.8, 4) is 50.5 Å². The van der Waals surface area contributed by atoms with Crippen LogP contribution in [-0.2, 0) is 0 Å². The van der Waals surface area contributed by atoms with Crippen molar-refractivity contribution in [3.63, 3.8) is 0 Å². The number of rotatable bonds is 5. The van der Waals surface area contributed by atoms with Crippen LogP contribution in [0, 0.1) is 0 Å². The van der Waals surface area contributed by atoms with Crippen LogP contribution in [0.5, 0.6) is 0 Å². The summed E-state index contributed by atoms with van der Waals surface area (Å²) in [6.07, 6.45) is 0. The standard InChI is InChI=1S/C53H32N2OS/c1-2-12-33(13-3-1)34-14-10-15-36(28-34)45-30-38(35-24-25-41-40-18-5-8-22-49(40)56-50(41)32-35)31-46(54-45)37-16-11-17-39(29-37)55-47-21-7-4-20-44(47)52-48(55)27-26-43-42-19-6-9-23-51(42)57-53(43)52/h1-32H. The van der Waals surface area contributed by atoms with Crippen LogP contribution in [0.25, 0.3) is 114 Å². The highest BCUT2D eigenvalue weighted by atomic mass is 32.1. The number of thiophene rings is 1. The van der Waals surface area contributed by atoms with E-state index in [0.29, 0.717) is 0 Å². The molecule has 0 spiro atoms. The Hall–Kier alpha value is -7.27. The SMILES string of the molecule is c1ccc(-c2cccc(-c3cc(-c4ccc5c(c4)oc4ccccc45)cc(-c4cccc(-n5c6ccccc6c6c7sc8ccccc8c7ccc65)c4)n3)c2)cc1. The molecule has 0 aliphatic rings. The van der Waals surface area contributed by atoms with Gasteiger partial charge in [0.1, 0.15) is 11.2 Å². The lowest BCUT2D eigenvalue weighted by atomic mass is 9.97. The second kappa shape index (κ2) is 12.6. The van der Waals surface area contributed by atoms with Crippen molar-refractivity contribution in [3.05, 3.63) is 194 Å². The molecule has 0 bridgehead atoms. The number of furan rings is 1. The van der Waals surface area contributed by atoms with Crippen molar-refractivity contribution >= 4 is 75.3 Å². The molecule has 0 amide bonds. The lowest BCUT2D eigenvalue weighted by Crippen LogP contribution is -1.96. The van der Waals surface area contributed by atoms with E-state index in [4.69, 9.17) is 9.40 Å². The monoisotopic (exact) mass is 744 g/mol. The molecule has 0 aliphatic carbocycles. The number of pyridine rings is 1. The first-order valence-electron chi connectivity index (χ1n) is 19.3. The largest absolute Gasteiger partial charge is 0.456 e. The van der Waals surface area contributed by atoms with E-state index in [-0.39, 0.29) is 0 Å². The molecule has 0 unspecified atom stereocenters. The lowest BCUT2D eigenvalue weighted by molar-refractivity contribution is 0.669. The maximum atomic E-state index is 6.36. The molecule has 0 radical (unpaired) electrons. The Bertz CT molecular complexity index is 3530. The summed E-state index contributed by atoms with van der Waals surface area (Å²) in [6.45, 7) is 0. The third kappa shape index (κ3) is 5.15. The van der Waals surface area contributed by atoms with Crippen LogP contribution in [0.15, 0.2) is 199 Å². The van der Waals surface area contributed by atoms with Crippen molar-refractivity contribution < 1.29 is 4.42 Å². The van der Waals surface area contributed by atoms with Gasteiger partial charge in [0.25, 0.3) is 0 Å². The van der Waals surface area contributed by atoms with Gasteiger partial charge in [-0.25, -0.2) is 4.98 Å². The smallest absolute Gasteiger partial charge is 0.136 e. The molecule has 8 aromatic carbocycles. The van der Waals surface area contributed by atoms with Gasteiger partial charge in [0, 0.05) is 58.5 Å². The fourth-order valence-corrected chi connectivity index (χ4v) is 9.96. The van der Waals surface area contributed by atoms with Crippen LogP contribution >= 0.6 is 11.3 Å². The number of para-hydroxylation sites is 2. The minimum Gasteiger partial charge on any atom is -0.456 e. The first-order chi connectivity index (χ1) is 28.2. The highest BCUT2D eigenvalue weighted by Gasteiger charge is 2.19. The molecule has 0 atom stereocenters. The zero-order valence-corrected chi connectivity index (χ0v) is 31.5. The number of aromatic nitrogens is 2. The fourth-order valence-electron chi connectivity index (χ4n) is 8.70. The Balaban J connectivity index is 1.05. The second-order valence-electron chi connectivity index (χ2n) is 14.7. The van der Waals surface area contributed by atoms with Crippen molar-refractivity contribution in [1.29, 1.82) is 0 Å². The van der Waals surface area contributed by atoms with E-state index >= 15 is 0 Å². The summed E-state index contributed by atoms with van der Waals surface area (Å²) < 4.78 is 11.4. The van der Waals surface area contributed by atoms with Gasteiger partial charge in [-0.3, -0.25) is 0 Å². The molecular formula is C53H32N2OS. The molecule has 12 rings (SSSR count). The van der Waals surface area contributed by atoms with Gasteiger partial charge in [-0.15, -0.1) is 11.3 Å². The highest BCUT2D eigenvalue weighted by molar-refractivity contribution is 7.26. The molecule has 266 valence electrons. The van der Waals surface area contributed by atoms with Crippen LogP contribution in [0.4, 0.5) is 0 Å². The van der Waals surface area contributed by atoms with Gasteiger partial charge >= 0.3 is 0 Å². The third-order valence-electron chi connectivity index (χ3n) is 11.4. The number of benzene rings is 8. The van der Waals surface area contributed by atoms with E-state index in [2.05, 4.69) is 187 Å². The van der Waals surface area contributed by atoms with Gasteiger partial charge in [0.15, 0.2) is 0 Å². The Morgan fingerprint density at radius 1 is 0.386 bits per heavy atom. The second-order valence-corrected chi connectivity index (χ2v) is 15.8. The van der Waals surface area contributed by atoms with E-state index in [9.17, 15) is 0 Å². The maximum absolute atomic E-state index is 6.36. The third-order valence-corrected chi connectivity index (χ3v) is 12.6. The summed E-state index contributed by atoms with van der Waals surface area (Å²) in [4.78, 5) is 5.41. The first kappa shape index (κ1) is 32.0. The highest BCUT2D eigenvalue weighted by Crippen LogP contribution is 2.44. The molecule has 12 aromatic rings. The van der Waals surface area contributed by atoms with E-state index in [1.807, 2.05) is 23.5 Å². The minimum atomic E-state index is 0.876. The zero-order valence-electron chi connectivity index (χ0n) is 30.7. The molecular weight excluding hydrogens is 713 g/mol. The maximum Gasteiger partial charge on any atom is 0.136 e. The summed E-state index contributed by atoms with van der Waals surface area (Å²) in [7, 11) is 0. The molecule has 4 heterocycles. The van der Waals surface area contributed by atoms with Crippen molar-refractivity contribution in [2.24, 2.45) is 0 Å². The predicted molar refractivity (Wildman–Crippen MR) is 240 cm³/mol. The van der Waals surface area contributed by atoms with E-state index in [0.717, 1.165) is 66.8 Å². The van der Waals surface area contributed by atoms with Crippen molar-refractivity contribution in [2.45, 2.75) is 0 Å². The zero-order chi connectivity index (χ0) is 37.5. The molecule has 4 aromatic heterocycles. The summed E-state index contributed by atoms with van der Waals surface area (Å²) in [6, 6.07) is 69.5. The summed E-state index contributed by atoms with van der Waals surface area (Å²) in [5.41, 5.74) is 13.7. The molecule has 0 fully saturated rings. The average molecular weight is 745 g/mol. The van der Waals surface area contributed by atoms with Crippen LogP contribution < -0.4 is 0 Å². The van der Waals surface area contributed by atoms with Gasteiger partial charge in [-0.2, -0.15) is 0 Å². The lowest BCUT2D eigenvalue weighted by Gasteiger charge is -2.13. The van der Waals surface area contributed by atoms with E-state index in [1.165, 1.54) is 47.5 Å².